The van der Waals surface area contributed by atoms with Gasteiger partial charge in [-0.05, 0) is 44.2 Å². The van der Waals surface area contributed by atoms with Crippen LogP contribution in [0.3, 0.4) is 0 Å². The van der Waals surface area contributed by atoms with Crippen molar-refractivity contribution in [3.05, 3.63) is 48.2 Å². The van der Waals surface area contributed by atoms with Gasteiger partial charge < -0.3 is 20.0 Å². The normalized spacial score (nSPS) is 17.3. The summed E-state index contributed by atoms with van der Waals surface area (Å²) in [6, 6.07) is 14.0. The van der Waals surface area contributed by atoms with Gasteiger partial charge in [-0.1, -0.05) is 18.2 Å². The van der Waals surface area contributed by atoms with Crippen LogP contribution in [0.25, 0.3) is 11.3 Å². The van der Waals surface area contributed by atoms with Gasteiger partial charge in [0, 0.05) is 63.5 Å². The van der Waals surface area contributed by atoms with Crippen LogP contribution in [-0.4, -0.2) is 79.5 Å². The topological polar surface area (TPSA) is 68.8 Å². The van der Waals surface area contributed by atoms with Crippen LogP contribution in [0, 0.1) is 0 Å². The van der Waals surface area contributed by atoms with Crippen molar-refractivity contribution in [2.24, 2.45) is 0 Å². The number of likely N-dealkylation sites (tertiary alicyclic amines) is 1. The minimum atomic E-state index is -0.177. The first-order valence-corrected chi connectivity index (χ1v) is 11.2. The van der Waals surface area contributed by atoms with Gasteiger partial charge in [0.25, 0.3) is 5.91 Å². The predicted molar refractivity (Wildman–Crippen MR) is 122 cm³/mol. The predicted octanol–water partition coefficient (Wildman–Crippen LogP) is 2.24. The van der Waals surface area contributed by atoms with E-state index in [2.05, 4.69) is 51.4 Å². The number of aromatic nitrogens is 1. The van der Waals surface area contributed by atoms with E-state index in [1.54, 1.807) is 6.07 Å². The summed E-state index contributed by atoms with van der Waals surface area (Å²) in [5.41, 5.74) is 3.43. The van der Waals surface area contributed by atoms with E-state index in [0.29, 0.717) is 25.2 Å². The fraction of sp³-hybridized carbons (Fsp3) is 0.458. The smallest absolute Gasteiger partial charge is 0.269 e. The maximum Gasteiger partial charge on any atom is 0.269 e. The zero-order valence-electron chi connectivity index (χ0n) is 18.2. The number of piperazine rings is 1. The van der Waals surface area contributed by atoms with Gasteiger partial charge in [-0.25, -0.2) is 4.98 Å². The fourth-order valence-electron chi connectivity index (χ4n) is 4.13. The first-order valence-electron chi connectivity index (χ1n) is 11.2. The molecule has 4 rings (SSSR count). The molecule has 2 aliphatic rings. The maximum absolute atomic E-state index is 12.5. The molecule has 1 aromatic carbocycles. The molecule has 2 aromatic rings. The molecular formula is C24H31N5O2. The van der Waals surface area contributed by atoms with Crippen LogP contribution in [0.1, 0.15) is 29.8 Å². The van der Waals surface area contributed by atoms with Crippen molar-refractivity contribution in [2.75, 3.05) is 57.8 Å². The lowest BCUT2D eigenvalue weighted by Gasteiger charge is -2.34. The van der Waals surface area contributed by atoms with Crippen LogP contribution in [0.15, 0.2) is 42.5 Å². The molecule has 0 atom stereocenters. The van der Waals surface area contributed by atoms with E-state index in [1.807, 2.05) is 17.0 Å². The molecule has 7 nitrogen and oxygen atoms in total. The molecule has 31 heavy (non-hydrogen) atoms. The van der Waals surface area contributed by atoms with Gasteiger partial charge in [0.05, 0.1) is 5.69 Å². The number of anilines is 1. The number of nitrogens with zero attached hydrogens (tertiary/aromatic N) is 4. The van der Waals surface area contributed by atoms with Crippen LogP contribution in [0.2, 0.25) is 0 Å². The Morgan fingerprint density at radius 2 is 1.81 bits per heavy atom. The highest BCUT2D eigenvalue weighted by Crippen LogP contribution is 2.23. The number of nitrogens with one attached hydrogen (secondary N) is 1. The molecule has 7 heteroatoms. The molecular weight excluding hydrogens is 390 g/mol. The number of likely N-dealkylation sites (N-methyl/N-ethyl adjacent to an activating group) is 1. The summed E-state index contributed by atoms with van der Waals surface area (Å²) in [4.78, 5) is 35.3. The number of hydrogen-bond donors (Lipinski definition) is 1. The van der Waals surface area contributed by atoms with Gasteiger partial charge in [-0.15, -0.1) is 0 Å². The summed E-state index contributed by atoms with van der Waals surface area (Å²) in [6.45, 7) is 6.30. The van der Waals surface area contributed by atoms with Crippen molar-refractivity contribution < 1.29 is 9.59 Å². The van der Waals surface area contributed by atoms with Crippen LogP contribution in [0.4, 0.5) is 5.69 Å². The third kappa shape index (κ3) is 5.41. The molecule has 3 heterocycles. The van der Waals surface area contributed by atoms with Gasteiger partial charge in [0.15, 0.2) is 0 Å². The quantitative estimate of drug-likeness (QED) is 0.695. The molecule has 2 fully saturated rings. The molecule has 0 aliphatic carbocycles. The first kappa shape index (κ1) is 21.3. The van der Waals surface area contributed by atoms with Crippen molar-refractivity contribution in [1.29, 1.82) is 0 Å². The Morgan fingerprint density at radius 1 is 1.03 bits per heavy atom. The summed E-state index contributed by atoms with van der Waals surface area (Å²) in [5, 5.41) is 2.92. The third-order valence-electron chi connectivity index (χ3n) is 6.07. The number of hydrogen-bond acceptors (Lipinski definition) is 5. The second-order valence-electron chi connectivity index (χ2n) is 8.34. The van der Waals surface area contributed by atoms with Crippen LogP contribution < -0.4 is 10.2 Å². The Bertz CT molecular complexity index is 906. The number of carbonyl (C=O) groups is 2. The summed E-state index contributed by atoms with van der Waals surface area (Å²) in [6.07, 6.45) is 2.35. The summed E-state index contributed by atoms with van der Waals surface area (Å²) in [7, 11) is 2.16. The first-order chi connectivity index (χ1) is 15.1. The molecule has 0 saturated carbocycles. The molecule has 0 radical (unpaired) electrons. The van der Waals surface area contributed by atoms with Gasteiger partial charge in [0.1, 0.15) is 5.69 Å². The van der Waals surface area contributed by atoms with Crippen LogP contribution in [-0.2, 0) is 4.79 Å². The van der Waals surface area contributed by atoms with Crippen LogP contribution >= 0.6 is 0 Å². The van der Waals surface area contributed by atoms with Gasteiger partial charge in [-0.2, -0.15) is 0 Å². The Hall–Kier alpha value is -2.93. The molecule has 2 saturated heterocycles. The standard InChI is InChI=1S/C24H31N5O2/c1-27-15-17-28(18-16-27)20-10-8-19(9-11-20)21-5-2-6-22(26-21)24(31)25-12-4-14-29-13-3-7-23(29)30/h2,5-6,8-11H,3-4,7,12-18H2,1H3,(H,25,31). The third-order valence-corrected chi connectivity index (χ3v) is 6.07. The number of carbonyl (C=O) groups excluding carboxylic acids is 2. The molecule has 0 bridgehead atoms. The largest absolute Gasteiger partial charge is 0.369 e. The van der Waals surface area contributed by atoms with Crippen molar-refractivity contribution in [2.45, 2.75) is 19.3 Å². The van der Waals surface area contributed by atoms with Gasteiger partial charge in [-0.3, -0.25) is 9.59 Å². The molecule has 1 aromatic heterocycles. The number of benzene rings is 1. The molecule has 0 spiro atoms. The van der Waals surface area contributed by atoms with E-state index in [-0.39, 0.29) is 11.8 Å². The Balaban J connectivity index is 1.32. The SMILES string of the molecule is CN1CCN(c2ccc(-c3cccc(C(=O)NCCCN4CCCC4=O)n3)cc2)CC1. The average molecular weight is 422 g/mol. The number of amides is 2. The molecule has 2 aliphatic heterocycles. The number of rotatable bonds is 7. The van der Waals surface area contributed by atoms with Crippen molar-refractivity contribution in [1.82, 2.24) is 20.1 Å². The monoisotopic (exact) mass is 421 g/mol. The molecule has 164 valence electrons. The summed E-state index contributed by atoms with van der Waals surface area (Å²) in [5.74, 6) is 0.0444. The fourth-order valence-corrected chi connectivity index (χ4v) is 4.13. The van der Waals surface area contributed by atoms with Crippen molar-refractivity contribution in [3.8, 4) is 11.3 Å². The number of pyridine rings is 1. The summed E-state index contributed by atoms with van der Waals surface area (Å²) < 4.78 is 0. The van der Waals surface area contributed by atoms with E-state index in [1.165, 1.54) is 5.69 Å². The lowest BCUT2D eigenvalue weighted by atomic mass is 10.1. The highest BCUT2D eigenvalue weighted by atomic mass is 16.2. The Kier molecular flexibility index (Phi) is 6.82. The second kappa shape index (κ2) is 9.92. The zero-order chi connectivity index (χ0) is 21.6. The molecule has 0 unspecified atom stereocenters. The molecule has 2 amide bonds. The highest BCUT2D eigenvalue weighted by molar-refractivity contribution is 5.92. The van der Waals surface area contributed by atoms with E-state index < -0.39 is 0 Å². The maximum atomic E-state index is 12.5. The minimum absolute atomic E-state index is 0.177. The van der Waals surface area contributed by atoms with E-state index in [9.17, 15) is 9.59 Å². The lowest BCUT2D eigenvalue weighted by Crippen LogP contribution is -2.44. The van der Waals surface area contributed by atoms with E-state index in [0.717, 1.165) is 56.8 Å². The Morgan fingerprint density at radius 3 is 2.52 bits per heavy atom. The van der Waals surface area contributed by atoms with Gasteiger partial charge >= 0.3 is 0 Å². The van der Waals surface area contributed by atoms with Crippen molar-refractivity contribution in [3.63, 3.8) is 0 Å². The average Bonchev–Trinajstić information content (AvgIpc) is 3.22. The highest BCUT2D eigenvalue weighted by Gasteiger charge is 2.19. The van der Waals surface area contributed by atoms with E-state index >= 15 is 0 Å². The summed E-state index contributed by atoms with van der Waals surface area (Å²) >= 11 is 0. The second-order valence-corrected chi connectivity index (χ2v) is 8.34. The molecule has 1 N–H and O–H groups in total. The Labute approximate surface area is 184 Å². The van der Waals surface area contributed by atoms with Gasteiger partial charge in [0.2, 0.25) is 5.91 Å². The van der Waals surface area contributed by atoms with Crippen molar-refractivity contribution >= 4 is 17.5 Å². The minimum Gasteiger partial charge on any atom is -0.369 e. The lowest BCUT2D eigenvalue weighted by molar-refractivity contribution is -0.127. The van der Waals surface area contributed by atoms with E-state index in [4.69, 9.17) is 0 Å². The zero-order valence-corrected chi connectivity index (χ0v) is 18.2. The van der Waals surface area contributed by atoms with Crippen LogP contribution in [0.5, 0.6) is 0 Å².